The predicted octanol–water partition coefficient (Wildman–Crippen LogP) is 2.84. The topological polar surface area (TPSA) is 41.9 Å². The van der Waals surface area contributed by atoms with Crippen molar-refractivity contribution in [3.8, 4) is 0 Å². The highest BCUT2D eigenvalue weighted by Gasteiger charge is 2.22. The number of halogens is 1. The van der Waals surface area contributed by atoms with Crippen LogP contribution in [0.1, 0.15) is 32.3 Å². The van der Waals surface area contributed by atoms with Crippen LogP contribution in [0.4, 0.5) is 4.39 Å². The standard InChI is InChI=1S/C19H30FNO3/c1-15(2)13-23-14-17(22)11-21(12-18-7-5-9-24-18)10-16-6-3-4-8-19(16)20/h3-4,6,8,15,17-18,22H,5,7,9-14H2,1-2H3/t17-,18-/m0/s1. The van der Waals surface area contributed by atoms with E-state index >= 15 is 0 Å². The van der Waals surface area contributed by atoms with Crippen LogP contribution in [0.15, 0.2) is 24.3 Å². The summed E-state index contributed by atoms with van der Waals surface area (Å²) >= 11 is 0. The van der Waals surface area contributed by atoms with Gasteiger partial charge >= 0.3 is 0 Å². The summed E-state index contributed by atoms with van der Waals surface area (Å²) < 4.78 is 25.2. The first kappa shape index (κ1) is 19.3. The Morgan fingerprint density at radius 1 is 1.33 bits per heavy atom. The molecule has 2 rings (SSSR count). The van der Waals surface area contributed by atoms with Crippen molar-refractivity contribution in [3.05, 3.63) is 35.6 Å². The van der Waals surface area contributed by atoms with Gasteiger partial charge in [0.15, 0.2) is 0 Å². The summed E-state index contributed by atoms with van der Waals surface area (Å²) in [7, 11) is 0. The fraction of sp³-hybridized carbons (Fsp3) is 0.684. The van der Waals surface area contributed by atoms with Crippen LogP contribution in [0.25, 0.3) is 0 Å². The summed E-state index contributed by atoms with van der Waals surface area (Å²) in [5.41, 5.74) is 0.644. The molecule has 4 nitrogen and oxygen atoms in total. The van der Waals surface area contributed by atoms with Gasteiger partial charge in [0.2, 0.25) is 0 Å². The zero-order chi connectivity index (χ0) is 17.4. The van der Waals surface area contributed by atoms with Gasteiger partial charge in [0, 0.05) is 38.4 Å². The second kappa shape index (κ2) is 10.1. The lowest BCUT2D eigenvalue weighted by atomic mass is 10.1. The van der Waals surface area contributed by atoms with E-state index in [0.29, 0.717) is 44.3 Å². The van der Waals surface area contributed by atoms with Crippen LogP contribution in [0, 0.1) is 11.7 Å². The SMILES string of the molecule is CC(C)COC[C@@H](O)CN(Cc1ccccc1F)C[C@@H]1CCCO1. The number of aliphatic hydroxyl groups is 1. The Hall–Kier alpha value is -1.01. The van der Waals surface area contributed by atoms with Crippen molar-refractivity contribution in [2.75, 3.05) is 32.9 Å². The minimum Gasteiger partial charge on any atom is -0.389 e. The van der Waals surface area contributed by atoms with Gasteiger partial charge in [0.1, 0.15) is 5.82 Å². The summed E-state index contributed by atoms with van der Waals surface area (Å²) in [4.78, 5) is 2.07. The van der Waals surface area contributed by atoms with E-state index in [2.05, 4.69) is 18.7 Å². The van der Waals surface area contributed by atoms with Crippen molar-refractivity contribution in [1.82, 2.24) is 4.90 Å². The van der Waals surface area contributed by atoms with Crippen LogP contribution < -0.4 is 0 Å². The maximum atomic E-state index is 13.9. The molecular formula is C19H30FNO3. The second-order valence-corrected chi connectivity index (χ2v) is 7.01. The van der Waals surface area contributed by atoms with Gasteiger partial charge in [0.05, 0.1) is 18.8 Å². The number of benzene rings is 1. The van der Waals surface area contributed by atoms with Gasteiger partial charge in [-0.1, -0.05) is 32.0 Å². The van der Waals surface area contributed by atoms with Crippen LogP contribution in [-0.4, -0.2) is 55.1 Å². The monoisotopic (exact) mass is 339 g/mol. The van der Waals surface area contributed by atoms with Crippen molar-refractivity contribution in [2.24, 2.45) is 5.92 Å². The number of hydrogen-bond acceptors (Lipinski definition) is 4. The van der Waals surface area contributed by atoms with Crippen LogP contribution in [0.5, 0.6) is 0 Å². The van der Waals surface area contributed by atoms with Gasteiger partial charge in [-0.05, 0) is 24.8 Å². The molecule has 0 bridgehead atoms. The van der Waals surface area contributed by atoms with E-state index in [0.717, 1.165) is 19.4 Å². The lowest BCUT2D eigenvalue weighted by Crippen LogP contribution is -2.39. The number of ether oxygens (including phenoxy) is 2. The molecule has 0 amide bonds. The molecule has 0 aromatic heterocycles. The molecule has 0 spiro atoms. The van der Waals surface area contributed by atoms with Gasteiger partial charge in [0.25, 0.3) is 0 Å². The van der Waals surface area contributed by atoms with Crippen molar-refractivity contribution in [2.45, 2.75) is 45.4 Å². The highest BCUT2D eigenvalue weighted by Crippen LogP contribution is 2.16. The molecule has 1 heterocycles. The molecular weight excluding hydrogens is 309 g/mol. The molecule has 0 saturated carbocycles. The third-order valence-electron chi connectivity index (χ3n) is 4.07. The van der Waals surface area contributed by atoms with Gasteiger partial charge in [-0.3, -0.25) is 4.90 Å². The Bertz CT molecular complexity index is 477. The van der Waals surface area contributed by atoms with Crippen LogP contribution in [0.2, 0.25) is 0 Å². The molecule has 136 valence electrons. The number of aliphatic hydroxyl groups excluding tert-OH is 1. The average Bonchev–Trinajstić information content (AvgIpc) is 3.02. The zero-order valence-electron chi connectivity index (χ0n) is 14.8. The minimum absolute atomic E-state index is 0.167. The molecule has 24 heavy (non-hydrogen) atoms. The smallest absolute Gasteiger partial charge is 0.127 e. The van der Waals surface area contributed by atoms with Crippen molar-refractivity contribution in [3.63, 3.8) is 0 Å². The maximum Gasteiger partial charge on any atom is 0.127 e. The van der Waals surface area contributed by atoms with Gasteiger partial charge < -0.3 is 14.6 Å². The Morgan fingerprint density at radius 3 is 2.79 bits per heavy atom. The molecule has 0 aliphatic carbocycles. The van der Waals surface area contributed by atoms with Crippen molar-refractivity contribution in [1.29, 1.82) is 0 Å². The molecule has 1 aliphatic rings. The van der Waals surface area contributed by atoms with E-state index in [1.54, 1.807) is 12.1 Å². The van der Waals surface area contributed by atoms with Crippen molar-refractivity contribution < 1.29 is 19.0 Å². The molecule has 2 atom stereocenters. The first-order valence-electron chi connectivity index (χ1n) is 8.87. The molecule has 5 heteroatoms. The minimum atomic E-state index is -0.586. The average molecular weight is 339 g/mol. The highest BCUT2D eigenvalue weighted by molar-refractivity contribution is 5.17. The van der Waals surface area contributed by atoms with E-state index < -0.39 is 6.10 Å². The summed E-state index contributed by atoms with van der Waals surface area (Å²) in [6.07, 6.45) is 1.67. The molecule has 1 aliphatic heterocycles. The summed E-state index contributed by atoms with van der Waals surface area (Å²) in [5, 5.41) is 10.3. The van der Waals surface area contributed by atoms with E-state index in [1.165, 1.54) is 6.07 Å². The van der Waals surface area contributed by atoms with E-state index in [-0.39, 0.29) is 11.9 Å². The fourth-order valence-corrected chi connectivity index (χ4v) is 2.94. The Labute approximate surface area is 144 Å². The van der Waals surface area contributed by atoms with Gasteiger partial charge in [-0.15, -0.1) is 0 Å². The van der Waals surface area contributed by atoms with Crippen molar-refractivity contribution >= 4 is 0 Å². The lowest BCUT2D eigenvalue weighted by molar-refractivity contribution is -0.00410. The molecule has 1 aromatic carbocycles. The third kappa shape index (κ3) is 6.85. The molecule has 1 fully saturated rings. The van der Waals surface area contributed by atoms with E-state index in [9.17, 15) is 9.50 Å². The van der Waals surface area contributed by atoms with E-state index in [4.69, 9.17) is 9.47 Å². The van der Waals surface area contributed by atoms with Gasteiger partial charge in [-0.25, -0.2) is 4.39 Å². The molecule has 0 radical (unpaired) electrons. The quantitative estimate of drug-likeness (QED) is 0.712. The number of nitrogens with zero attached hydrogens (tertiary/aromatic N) is 1. The van der Waals surface area contributed by atoms with Gasteiger partial charge in [-0.2, -0.15) is 0 Å². The zero-order valence-corrected chi connectivity index (χ0v) is 14.8. The largest absolute Gasteiger partial charge is 0.389 e. The fourth-order valence-electron chi connectivity index (χ4n) is 2.94. The highest BCUT2D eigenvalue weighted by atomic mass is 19.1. The lowest BCUT2D eigenvalue weighted by Gasteiger charge is -2.27. The summed E-state index contributed by atoms with van der Waals surface area (Å²) in [5.74, 6) is 0.235. The Balaban J connectivity index is 1.90. The molecule has 0 unspecified atom stereocenters. The summed E-state index contributed by atoms with van der Waals surface area (Å²) in [6, 6.07) is 6.80. The normalized spacial score (nSPS) is 19.3. The first-order chi connectivity index (χ1) is 11.5. The molecule has 1 aromatic rings. The molecule has 1 N–H and O–H groups in total. The van der Waals surface area contributed by atoms with Crippen LogP contribution in [-0.2, 0) is 16.0 Å². The third-order valence-corrected chi connectivity index (χ3v) is 4.07. The number of rotatable bonds is 10. The Kier molecular flexibility index (Phi) is 8.12. The summed E-state index contributed by atoms with van der Waals surface area (Å²) in [6.45, 7) is 7.50. The van der Waals surface area contributed by atoms with Crippen LogP contribution >= 0.6 is 0 Å². The first-order valence-corrected chi connectivity index (χ1v) is 8.87. The van der Waals surface area contributed by atoms with Crippen LogP contribution in [0.3, 0.4) is 0 Å². The Morgan fingerprint density at radius 2 is 2.12 bits per heavy atom. The molecule has 1 saturated heterocycles. The van der Waals surface area contributed by atoms with E-state index in [1.807, 2.05) is 6.07 Å². The second-order valence-electron chi connectivity index (χ2n) is 7.01. The predicted molar refractivity (Wildman–Crippen MR) is 92.3 cm³/mol. The number of hydrogen-bond donors (Lipinski definition) is 1. The maximum absolute atomic E-state index is 13.9.